The molecule has 4 aromatic rings. The van der Waals surface area contributed by atoms with Gasteiger partial charge in [-0.1, -0.05) is 29.3 Å². The van der Waals surface area contributed by atoms with Crippen LogP contribution >= 0.6 is 23.2 Å². The lowest BCUT2D eigenvalue weighted by atomic mass is 10.0. The Morgan fingerprint density at radius 1 is 1.00 bits per heavy atom. The largest absolute Gasteiger partial charge is 0.504 e. The summed E-state index contributed by atoms with van der Waals surface area (Å²) in [6.07, 6.45) is 11.5. The highest BCUT2D eigenvalue weighted by atomic mass is 35.5. The molecule has 0 atom stereocenters. The quantitative estimate of drug-likeness (QED) is 0.182. The van der Waals surface area contributed by atoms with E-state index in [2.05, 4.69) is 31.7 Å². The van der Waals surface area contributed by atoms with E-state index in [-0.39, 0.29) is 5.91 Å². The van der Waals surface area contributed by atoms with Crippen LogP contribution in [0.1, 0.15) is 40.4 Å². The Hall–Kier alpha value is -3.79. The number of hydrogen-bond acceptors (Lipinski definition) is 7. The average molecular weight is 613 g/mol. The summed E-state index contributed by atoms with van der Waals surface area (Å²) in [5.41, 5.74) is 8.77. The Morgan fingerprint density at radius 3 is 2.36 bits per heavy atom. The van der Waals surface area contributed by atoms with Crippen molar-refractivity contribution in [2.24, 2.45) is 5.73 Å². The summed E-state index contributed by atoms with van der Waals surface area (Å²) >= 11 is 12.1. The van der Waals surface area contributed by atoms with Gasteiger partial charge < -0.3 is 29.4 Å². The van der Waals surface area contributed by atoms with E-state index in [1.165, 1.54) is 6.26 Å². The molecular weight excluding hydrogens is 577 g/mol. The SMILES string of the molecule is CO/C=C/c1c(OC)ccnc1Cl.COc1ccnc(Cl)c1CCN1CCC(n2ccc3ccc(C(N)=O)cc32)CC1. The van der Waals surface area contributed by atoms with E-state index < -0.39 is 0 Å². The van der Waals surface area contributed by atoms with Crippen LogP contribution in [0.25, 0.3) is 17.0 Å². The summed E-state index contributed by atoms with van der Waals surface area (Å²) in [5.74, 6) is 1.08. The molecule has 3 aromatic heterocycles. The normalized spacial score (nSPS) is 14.0. The molecule has 1 fully saturated rings. The minimum Gasteiger partial charge on any atom is -0.504 e. The van der Waals surface area contributed by atoms with E-state index in [4.69, 9.17) is 43.1 Å². The number of hydrogen-bond donors (Lipinski definition) is 1. The van der Waals surface area contributed by atoms with Gasteiger partial charge in [0, 0.05) is 60.9 Å². The van der Waals surface area contributed by atoms with Gasteiger partial charge in [-0.25, -0.2) is 9.97 Å². The van der Waals surface area contributed by atoms with Crippen molar-refractivity contribution >= 4 is 46.1 Å². The van der Waals surface area contributed by atoms with Crippen molar-refractivity contribution in [1.82, 2.24) is 19.4 Å². The van der Waals surface area contributed by atoms with Gasteiger partial charge in [0.25, 0.3) is 0 Å². The first-order valence-corrected chi connectivity index (χ1v) is 14.3. The third kappa shape index (κ3) is 7.53. The first kappa shape index (κ1) is 31.2. The Balaban J connectivity index is 0.000000262. The van der Waals surface area contributed by atoms with Crippen LogP contribution in [0.15, 0.2) is 61.3 Å². The number of fused-ring (bicyclic) bond motifs is 1. The molecule has 5 rings (SSSR count). The summed E-state index contributed by atoms with van der Waals surface area (Å²) in [6.45, 7) is 2.95. The first-order valence-electron chi connectivity index (χ1n) is 13.5. The Kier molecular flexibility index (Phi) is 11.1. The molecule has 0 saturated carbocycles. The molecule has 9 nitrogen and oxygen atoms in total. The van der Waals surface area contributed by atoms with Crippen molar-refractivity contribution in [1.29, 1.82) is 0 Å². The number of methoxy groups -OCH3 is 3. The predicted octanol–water partition coefficient (Wildman–Crippen LogP) is 6.04. The van der Waals surface area contributed by atoms with Crippen molar-refractivity contribution in [3.63, 3.8) is 0 Å². The van der Waals surface area contributed by atoms with E-state index >= 15 is 0 Å². The van der Waals surface area contributed by atoms with E-state index in [9.17, 15) is 4.79 Å². The number of carbonyl (C=O) groups is 1. The van der Waals surface area contributed by atoms with Crippen molar-refractivity contribution in [3.8, 4) is 11.5 Å². The first-order chi connectivity index (χ1) is 20.4. The van der Waals surface area contributed by atoms with Crippen molar-refractivity contribution in [2.45, 2.75) is 25.3 Å². The lowest BCUT2D eigenvalue weighted by Gasteiger charge is -2.33. The maximum Gasteiger partial charge on any atom is 0.248 e. The maximum absolute atomic E-state index is 11.5. The number of aromatic nitrogens is 3. The summed E-state index contributed by atoms with van der Waals surface area (Å²) in [6, 6.07) is 11.8. The molecule has 1 aromatic carbocycles. The van der Waals surface area contributed by atoms with Gasteiger partial charge in [-0.05, 0) is 61.1 Å². The number of pyridine rings is 2. The number of piperidine rings is 1. The van der Waals surface area contributed by atoms with Crippen molar-refractivity contribution in [2.75, 3.05) is 41.0 Å². The molecule has 1 amide bonds. The molecule has 4 heterocycles. The number of likely N-dealkylation sites (tertiary alicyclic amines) is 1. The number of ether oxygens (including phenoxy) is 3. The zero-order valence-corrected chi connectivity index (χ0v) is 25.4. The van der Waals surface area contributed by atoms with E-state index in [1.54, 1.807) is 51.9 Å². The molecule has 1 aliphatic heterocycles. The average Bonchev–Trinajstić information content (AvgIpc) is 3.43. The van der Waals surface area contributed by atoms with E-state index in [0.717, 1.165) is 61.1 Å². The smallest absolute Gasteiger partial charge is 0.248 e. The fourth-order valence-corrected chi connectivity index (χ4v) is 5.53. The zero-order chi connectivity index (χ0) is 30.1. The van der Waals surface area contributed by atoms with E-state index in [0.29, 0.717) is 33.2 Å². The standard InChI is InChI=1S/C22H25ClN4O2.C9H10ClNO2/c1-29-20-4-9-25-21(23)18(20)8-12-26-10-6-17(7-11-26)27-13-5-15-2-3-16(22(24)28)14-19(15)27;1-12-6-4-7-8(13-2)3-5-11-9(7)10/h2-5,9,13-14,17H,6-8,10-12H2,1H3,(H2,24,28);3-6H,1-2H3/b;6-4+. The number of amides is 1. The van der Waals surface area contributed by atoms with Gasteiger partial charge in [0.15, 0.2) is 0 Å². The number of benzene rings is 1. The van der Waals surface area contributed by atoms with Crippen LogP contribution < -0.4 is 15.2 Å². The molecule has 2 N–H and O–H groups in total. The minimum atomic E-state index is -0.390. The Bertz CT molecular complexity index is 1530. The molecular formula is C31H35Cl2N5O4. The third-order valence-electron chi connectivity index (χ3n) is 7.31. The number of nitrogens with zero attached hydrogens (tertiary/aromatic N) is 4. The van der Waals surface area contributed by atoms with Crippen LogP contribution in [0.4, 0.5) is 0 Å². The van der Waals surface area contributed by atoms with Crippen LogP contribution in [-0.2, 0) is 11.2 Å². The van der Waals surface area contributed by atoms with E-state index in [1.807, 2.05) is 18.2 Å². The zero-order valence-electron chi connectivity index (χ0n) is 23.9. The predicted molar refractivity (Wildman–Crippen MR) is 167 cm³/mol. The second kappa shape index (κ2) is 14.9. The summed E-state index contributed by atoms with van der Waals surface area (Å²) < 4.78 is 17.6. The number of carbonyl (C=O) groups excluding carboxylic acids is 1. The Labute approximate surface area is 255 Å². The highest BCUT2D eigenvalue weighted by molar-refractivity contribution is 6.31. The summed E-state index contributed by atoms with van der Waals surface area (Å²) in [7, 11) is 4.80. The van der Waals surface area contributed by atoms with Gasteiger partial charge in [0.2, 0.25) is 5.91 Å². The lowest BCUT2D eigenvalue weighted by Crippen LogP contribution is -2.36. The molecule has 0 bridgehead atoms. The molecule has 222 valence electrons. The minimum absolute atomic E-state index is 0.390. The second-order valence-corrected chi connectivity index (χ2v) is 10.4. The summed E-state index contributed by atoms with van der Waals surface area (Å²) in [5, 5.41) is 2.05. The molecule has 0 aliphatic carbocycles. The van der Waals surface area contributed by atoms with Crippen LogP contribution in [0.3, 0.4) is 0 Å². The molecule has 0 radical (unpaired) electrons. The molecule has 0 unspecified atom stereocenters. The summed E-state index contributed by atoms with van der Waals surface area (Å²) in [4.78, 5) is 22.1. The van der Waals surface area contributed by atoms with Crippen molar-refractivity contribution in [3.05, 3.63) is 88.2 Å². The second-order valence-electron chi connectivity index (χ2n) is 9.72. The van der Waals surface area contributed by atoms with Gasteiger partial charge in [-0.15, -0.1) is 0 Å². The van der Waals surface area contributed by atoms with Gasteiger partial charge >= 0.3 is 0 Å². The highest BCUT2D eigenvalue weighted by Gasteiger charge is 2.22. The van der Waals surface area contributed by atoms with Crippen molar-refractivity contribution < 1.29 is 19.0 Å². The van der Waals surface area contributed by atoms with Crippen LogP contribution in [0.2, 0.25) is 10.3 Å². The lowest BCUT2D eigenvalue weighted by molar-refractivity contribution is 0.100. The Morgan fingerprint density at radius 2 is 1.69 bits per heavy atom. The highest BCUT2D eigenvalue weighted by Crippen LogP contribution is 2.30. The fraction of sp³-hybridized carbons (Fsp3) is 0.323. The van der Waals surface area contributed by atoms with Crippen LogP contribution in [0.5, 0.6) is 11.5 Å². The molecule has 11 heteroatoms. The topological polar surface area (TPSA) is 105 Å². The van der Waals surface area contributed by atoms with Crippen LogP contribution in [-0.4, -0.2) is 66.3 Å². The van der Waals surface area contributed by atoms with Crippen LogP contribution in [0, 0.1) is 0 Å². The number of nitrogens with two attached hydrogens (primary N) is 1. The molecule has 1 saturated heterocycles. The van der Waals surface area contributed by atoms with Gasteiger partial charge in [-0.3, -0.25) is 4.79 Å². The maximum atomic E-state index is 11.5. The molecule has 0 spiro atoms. The number of halogens is 2. The van der Waals surface area contributed by atoms with Gasteiger partial charge in [-0.2, -0.15) is 0 Å². The molecule has 42 heavy (non-hydrogen) atoms. The monoisotopic (exact) mass is 611 g/mol. The number of rotatable bonds is 9. The van der Waals surface area contributed by atoms with Gasteiger partial charge in [0.1, 0.15) is 21.8 Å². The molecule has 1 aliphatic rings. The fourth-order valence-electron chi connectivity index (χ4n) is 5.08. The van der Waals surface area contributed by atoms with Gasteiger partial charge in [0.05, 0.1) is 33.2 Å². The number of primary amides is 1. The third-order valence-corrected chi connectivity index (χ3v) is 7.94.